The Hall–Kier alpha value is -1.30. The Bertz CT molecular complexity index is 296. The molecule has 0 aromatic carbocycles. The van der Waals surface area contributed by atoms with Gasteiger partial charge in [0.25, 0.3) is 0 Å². The van der Waals surface area contributed by atoms with Crippen LogP contribution in [-0.2, 0) is 14.3 Å². The molecule has 0 aliphatic heterocycles. The number of nitrogens with one attached hydrogen (secondary N) is 1. The molecule has 6 heteroatoms. The minimum Gasteiger partial charge on any atom is -0.459 e. The average molecular weight is 259 g/mol. The second kappa shape index (κ2) is 7.11. The lowest BCUT2D eigenvalue weighted by molar-refractivity contribution is -0.139. The van der Waals surface area contributed by atoms with Crippen molar-refractivity contribution in [2.24, 2.45) is 0 Å². The standard InChI is InChI=1S/C11H21NO4Si/c1-9(2)10(13)15-6-7-16-11(14)12-8-17(3,4)5/h1,6-8H2,2-5H3,(H,12,14). The maximum absolute atomic E-state index is 11.2. The summed E-state index contributed by atoms with van der Waals surface area (Å²) < 4.78 is 9.60. The van der Waals surface area contributed by atoms with Gasteiger partial charge in [0.2, 0.25) is 0 Å². The highest BCUT2D eigenvalue weighted by Crippen LogP contribution is 1.97. The molecule has 0 bridgehead atoms. The number of amides is 1. The molecule has 0 rings (SSSR count). The summed E-state index contributed by atoms with van der Waals surface area (Å²) in [5.74, 6) is -0.476. The summed E-state index contributed by atoms with van der Waals surface area (Å²) in [5.41, 5.74) is 0.327. The van der Waals surface area contributed by atoms with Crippen LogP contribution in [0.1, 0.15) is 6.92 Å². The van der Waals surface area contributed by atoms with Gasteiger partial charge in [-0.2, -0.15) is 0 Å². The largest absolute Gasteiger partial charge is 0.459 e. The van der Waals surface area contributed by atoms with E-state index in [0.29, 0.717) is 11.7 Å². The summed E-state index contributed by atoms with van der Waals surface area (Å²) >= 11 is 0. The predicted molar refractivity (Wildman–Crippen MR) is 68.5 cm³/mol. The Kier molecular flexibility index (Phi) is 6.56. The molecule has 0 atom stereocenters. The van der Waals surface area contributed by atoms with Crippen molar-refractivity contribution in [3.8, 4) is 0 Å². The number of hydrogen-bond acceptors (Lipinski definition) is 4. The molecule has 0 unspecified atom stereocenters. The van der Waals surface area contributed by atoms with Gasteiger partial charge in [0.1, 0.15) is 13.2 Å². The normalized spacial score (nSPS) is 10.6. The van der Waals surface area contributed by atoms with Crippen molar-refractivity contribution in [3.05, 3.63) is 12.2 Å². The zero-order valence-corrected chi connectivity index (χ0v) is 12.0. The minimum absolute atomic E-state index is 0.0477. The van der Waals surface area contributed by atoms with Gasteiger partial charge in [-0.15, -0.1) is 0 Å². The van der Waals surface area contributed by atoms with Crippen LogP contribution in [0.5, 0.6) is 0 Å². The van der Waals surface area contributed by atoms with E-state index in [9.17, 15) is 9.59 Å². The van der Waals surface area contributed by atoms with Gasteiger partial charge in [-0.05, 0) is 6.92 Å². The zero-order valence-electron chi connectivity index (χ0n) is 11.0. The van der Waals surface area contributed by atoms with Crippen LogP contribution in [-0.4, -0.2) is 39.5 Å². The van der Waals surface area contributed by atoms with Crippen LogP contribution in [0.4, 0.5) is 4.79 Å². The lowest BCUT2D eigenvalue weighted by Gasteiger charge is -2.16. The molecular formula is C11H21NO4Si. The summed E-state index contributed by atoms with van der Waals surface area (Å²) in [6.45, 7) is 11.5. The third-order valence-electron chi connectivity index (χ3n) is 1.66. The monoisotopic (exact) mass is 259 g/mol. The lowest BCUT2D eigenvalue weighted by Crippen LogP contribution is -2.40. The molecule has 0 saturated carbocycles. The van der Waals surface area contributed by atoms with Crippen molar-refractivity contribution in [1.82, 2.24) is 5.32 Å². The number of rotatable bonds is 6. The first-order valence-electron chi connectivity index (χ1n) is 5.45. The molecule has 0 heterocycles. The molecule has 0 aliphatic carbocycles. The molecule has 0 radical (unpaired) electrons. The van der Waals surface area contributed by atoms with E-state index in [0.717, 1.165) is 0 Å². The topological polar surface area (TPSA) is 64.6 Å². The first kappa shape index (κ1) is 15.7. The fraction of sp³-hybridized carbons (Fsp3) is 0.636. The quantitative estimate of drug-likeness (QED) is 0.341. The fourth-order valence-electron chi connectivity index (χ4n) is 0.780. The summed E-state index contributed by atoms with van der Waals surface area (Å²) in [6.07, 6.45) is 0.191. The van der Waals surface area contributed by atoms with Crippen LogP contribution in [0.25, 0.3) is 0 Å². The molecule has 5 nitrogen and oxygen atoms in total. The average Bonchev–Trinajstić information content (AvgIpc) is 2.20. The molecule has 0 saturated heterocycles. The molecule has 0 aromatic rings. The van der Waals surface area contributed by atoms with E-state index in [1.807, 2.05) is 0 Å². The number of alkyl carbamates (subject to hydrolysis) is 1. The lowest BCUT2D eigenvalue weighted by atomic mass is 10.4. The highest BCUT2D eigenvalue weighted by atomic mass is 28.3. The van der Waals surface area contributed by atoms with Gasteiger partial charge in [0.05, 0.1) is 8.07 Å². The van der Waals surface area contributed by atoms with Crippen molar-refractivity contribution < 1.29 is 19.1 Å². The van der Waals surface area contributed by atoms with Gasteiger partial charge in [-0.1, -0.05) is 26.2 Å². The number of carbonyl (C=O) groups excluding carboxylic acids is 2. The number of carbonyl (C=O) groups is 2. The van der Waals surface area contributed by atoms with E-state index >= 15 is 0 Å². The molecule has 98 valence electrons. The SMILES string of the molecule is C=C(C)C(=O)OCCOC(=O)NC[Si](C)(C)C. The molecule has 17 heavy (non-hydrogen) atoms. The smallest absolute Gasteiger partial charge is 0.406 e. The Balaban J connectivity index is 3.59. The first-order chi connectivity index (χ1) is 7.72. The van der Waals surface area contributed by atoms with Crippen molar-refractivity contribution >= 4 is 20.1 Å². The molecule has 0 aromatic heterocycles. The van der Waals surface area contributed by atoms with Crippen LogP contribution >= 0.6 is 0 Å². The predicted octanol–water partition coefficient (Wildman–Crippen LogP) is 1.71. The fourth-order valence-corrected chi connectivity index (χ4v) is 1.45. The Labute approximate surface area is 103 Å². The van der Waals surface area contributed by atoms with Crippen LogP contribution in [0.3, 0.4) is 0 Å². The van der Waals surface area contributed by atoms with Crippen LogP contribution in [0.15, 0.2) is 12.2 Å². The minimum atomic E-state index is -1.31. The number of ether oxygens (including phenoxy) is 2. The second-order valence-electron chi connectivity index (χ2n) is 4.97. The molecule has 1 amide bonds. The van der Waals surface area contributed by atoms with Crippen LogP contribution in [0.2, 0.25) is 19.6 Å². The summed E-state index contributed by atoms with van der Waals surface area (Å²) in [4.78, 5) is 22.2. The molecule has 0 fully saturated rings. The Morgan fingerprint density at radius 3 is 2.18 bits per heavy atom. The van der Waals surface area contributed by atoms with E-state index in [2.05, 4.69) is 31.5 Å². The maximum atomic E-state index is 11.2. The van der Waals surface area contributed by atoms with Crippen LogP contribution < -0.4 is 5.32 Å². The van der Waals surface area contributed by atoms with Crippen molar-refractivity contribution in [2.75, 3.05) is 19.4 Å². The zero-order chi connectivity index (χ0) is 13.5. The molecular weight excluding hydrogens is 238 g/mol. The Morgan fingerprint density at radius 1 is 1.18 bits per heavy atom. The number of esters is 1. The van der Waals surface area contributed by atoms with Gasteiger partial charge >= 0.3 is 12.1 Å². The van der Waals surface area contributed by atoms with E-state index in [1.54, 1.807) is 6.92 Å². The van der Waals surface area contributed by atoms with Crippen molar-refractivity contribution in [2.45, 2.75) is 26.6 Å². The van der Waals surface area contributed by atoms with Crippen molar-refractivity contribution in [1.29, 1.82) is 0 Å². The van der Waals surface area contributed by atoms with Gasteiger partial charge in [0, 0.05) is 11.7 Å². The molecule has 1 N–H and O–H groups in total. The number of hydrogen-bond donors (Lipinski definition) is 1. The van der Waals surface area contributed by atoms with E-state index < -0.39 is 20.1 Å². The Morgan fingerprint density at radius 2 is 1.71 bits per heavy atom. The van der Waals surface area contributed by atoms with Crippen molar-refractivity contribution in [3.63, 3.8) is 0 Å². The van der Waals surface area contributed by atoms with Crippen LogP contribution in [0, 0.1) is 0 Å². The molecule has 0 aliphatic rings. The third kappa shape index (κ3) is 9.62. The van der Waals surface area contributed by atoms with E-state index in [4.69, 9.17) is 9.47 Å². The van der Waals surface area contributed by atoms with Gasteiger partial charge in [-0.25, -0.2) is 9.59 Å². The second-order valence-corrected chi connectivity index (χ2v) is 10.4. The highest BCUT2D eigenvalue weighted by molar-refractivity contribution is 6.76. The summed E-state index contributed by atoms with van der Waals surface area (Å²) in [6, 6.07) is 0. The summed E-state index contributed by atoms with van der Waals surface area (Å²) in [7, 11) is -1.31. The maximum Gasteiger partial charge on any atom is 0.406 e. The van der Waals surface area contributed by atoms with Gasteiger partial charge < -0.3 is 14.8 Å². The summed E-state index contributed by atoms with van der Waals surface area (Å²) in [5, 5.41) is 2.68. The van der Waals surface area contributed by atoms with E-state index in [-0.39, 0.29) is 13.2 Å². The third-order valence-corrected chi connectivity index (χ3v) is 2.90. The van der Waals surface area contributed by atoms with Gasteiger partial charge in [-0.3, -0.25) is 0 Å². The first-order valence-corrected chi connectivity index (χ1v) is 9.16. The van der Waals surface area contributed by atoms with Gasteiger partial charge in [0.15, 0.2) is 0 Å². The molecule has 0 spiro atoms. The van der Waals surface area contributed by atoms with E-state index in [1.165, 1.54) is 0 Å². The highest BCUT2D eigenvalue weighted by Gasteiger charge is 2.14.